The number of hydrogen-bond donors (Lipinski definition) is 1. The number of ether oxygens (including phenoxy) is 1. The predicted molar refractivity (Wildman–Crippen MR) is 118 cm³/mol. The Bertz CT molecular complexity index is 1060. The van der Waals surface area contributed by atoms with Crippen LogP contribution in [0.3, 0.4) is 0 Å². The van der Waals surface area contributed by atoms with Gasteiger partial charge in [0.25, 0.3) is 0 Å². The molecule has 4 rings (SSSR count). The molecule has 1 aromatic heterocycles. The van der Waals surface area contributed by atoms with Gasteiger partial charge in [0, 0.05) is 13.0 Å². The Balaban J connectivity index is 1.60. The number of aryl methyl sites for hydroxylation is 2. The molecule has 0 atom stereocenters. The molecule has 2 heterocycles. The Hall–Kier alpha value is -2.86. The number of esters is 1. The van der Waals surface area contributed by atoms with Crippen LogP contribution in [-0.4, -0.2) is 35.3 Å². The van der Waals surface area contributed by atoms with E-state index in [-0.39, 0.29) is 11.7 Å². The van der Waals surface area contributed by atoms with Gasteiger partial charge in [-0.1, -0.05) is 24.3 Å². The lowest BCUT2D eigenvalue weighted by molar-refractivity contribution is -0.140. The average Bonchev–Trinajstić information content (AvgIpc) is 3.08. The monoisotopic (exact) mass is 407 g/mol. The number of methoxy groups -OCH3 is 1. The third-order valence-corrected chi connectivity index (χ3v) is 6.10. The summed E-state index contributed by atoms with van der Waals surface area (Å²) >= 11 is 0. The molecule has 0 radical (unpaired) electrons. The minimum atomic E-state index is -0.216. The van der Waals surface area contributed by atoms with Crippen molar-refractivity contribution in [2.45, 2.75) is 38.6 Å². The summed E-state index contributed by atoms with van der Waals surface area (Å²) in [6, 6.07) is 15.9. The molecule has 0 aliphatic carbocycles. The summed E-state index contributed by atoms with van der Waals surface area (Å²) in [4.78, 5) is 24.7. The number of hydrogen-bond acceptors (Lipinski definition) is 4. The molecule has 0 saturated carbocycles. The lowest BCUT2D eigenvalue weighted by atomic mass is 9.95. The Labute approximate surface area is 176 Å². The highest BCUT2D eigenvalue weighted by atomic mass is 16.5. The zero-order chi connectivity index (χ0) is 20.9. The van der Waals surface area contributed by atoms with Crippen LogP contribution in [0.4, 0.5) is 0 Å². The second-order valence-corrected chi connectivity index (χ2v) is 7.98. The fourth-order valence-electron chi connectivity index (χ4n) is 4.32. The molecule has 6 heteroatoms. The molecule has 0 bridgehead atoms. The van der Waals surface area contributed by atoms with Crippen molar-refractivity contribution < 1.29 is 9.53 Å². The highest BCUT2D eigenvalue weighted by molar-refractivity contribution is 5.78. The normalized spacial score (nSPS) is 14.8. The van der Waals surface area contributed by atoms with E-state index in [0.29, 0.717) is 18.8 Å². The minimum Gasteiger partial charge on any atom is -0.469 e. The summed E-state index contributed by atoms with van der Waals surface area (Å²) in [6.07, 6.45) is 4.37. The van der Waals surface area contributed by atoms with Gasteiger partial charge in [-0.2, -0.15) is 0 Å². The van der Waals surface area contributed by atoms with E-state index in [0.717, 1.165) is 48.3 Å². The number of imidazole rings is 1. The number of nitrogens with one attached hydrogen (secondary N) is 1. The molecule has 1 N–H and O–H groups in total. The van der Waals surface area contributed by atoms with Gasteiger partial charge in [0.05, 0.1) is 23.8 Å². The van der Waals surface area contributed by atoms with Gasteiger partial charge >= 0.3 is 11.7 Å². The fraction of sp³-hybridized carbons (Fsp3) is 0.417. The molecule has 0 unspecified atom stereocenters. The van der Waals surface area contributed by atoms with Crippen molar-refractivity contribution in [3.05, 3.63) is 64.6 Å². The van der Waals surface area contributed by atoms with Crippen molar-refractivity contribution in [1.29, 1.82) is 0 Å². The van der Waals surface area contributed by atoms with Gasteiger partial charge in [0.15, 0.2) is 0 Å². The number of carbonyl (C=O) groups is 1. The van der Waals surface area contributed by atoms with E-state index in [1.54, 1.807) is 4.57 Å². The van der Waals surface area contributed by atoms with Gasteiger partial charge in [0.2, 0.25) is 0 Å². The SMILES string of the molecule is COC(=O)CCc1ccc(-n2c(=O)n(CCC3CCNCC3)c3ccccc32)cc1. The summed E-state index contributed by atoms with van der Waals surface area (Å²) < 4.78 is 8.42. The summed E-state index contributed by atoms with van der Waals surface area (Å²) in [7, 11) is 1.40. The number of benzene rings is 2. The largest absolute Gasteiger partial charge is 0.469 e. The number of nitrogens with zero attached hydrogens (tertiary/aromatic N) is 2. The first-order valence-corrected chi connectivity index (χ1v) is 10.7. The number of rotatable bonds is 7. The van der Waals surface area contributed by atoms with Crippen LogP contribution in [0.15, 0.2) is 53.3 Å². The van der Waals surface area contributed by atoms with Crippen LogP contribution in [0.1, 0.15) is 31.2 Å². The van der Waals surface area contributed by atoms with E-state index in [1.807, 2.05) is 53.1 Å². The molecule has 3 aromatic rings. The van der Waals surface area contributed by atoms with Crippen LogP contribution in [0.5, 0.6) is 0 Å². The van der Waals surface area contributed by atoms with Gasteiger partial charge in [0.1, 0.15) is 0 Å². The zero-order valence-electron chi connectivity index (χ0n) is 17.5. The summed E-state index contributed by atoms with van der Waals surface area (Å²) in [5.74, 6) is 0.460. The van der Waals surface area contributed by atoms with Gasteiger partial charge in [-0.3, -0.25) is 13.9 Å². The maximum atomic E-state index is 13.4. The third kappa shape index (κ3) is 4.33. The van der Waals surface area contributed by atoms with Gasteiger partial charge in [-0.05, 0) is 74.5 Å². The molecule has 1 fully saturated rings. The van der Waals surface area contributed by atoms with Gasteiger partial charge in [-0.15, -0.1) is 0 Å². The third-order valence-electron chi connectivity index (χ3n) is 6.10. The molecule has 2 aromatic carbocycles. The van der Waals surface area contributed by atoms with Crippen molar-refractivity contribution in [3.63, 3.8) is 0 Å². The first-order chi connectivity index (χ1) is 14.7. The molecular weight excluding hydrogens is 378 g/mol. The van der Waals surface area contributed by atoms with E-state index >= 15 is 0 Å². The smallest absolute Gasteiger partial charge is 0.333 e. The fourth-order valence-corrected chi connectivity index (χ4v) is 4.32. The van der Waals surface area contributed by atoms with Crippen molar-refractivity contribution in [2.75, 3.05) is 20.2 Å². The van der Waals surface area contributed by atoms with Crippen LogP contribution in [0, 0.1) is 5.92 Å². The predicted octanol–water partition coefficient (Wildman–Crippen LogP) is 3.29. The molecular formula is C24H29N3O3. The lowest BCUT2D eigenvalue weighted by Gasteiger charge is -2.22. The van der Waals surface area contributed by atoms with Crippen molar-refractivity contribution >= 4 is 17.0 Å². The second kappa shape index (κ2) is 9.30. The Morgan fingerprint density at radius 2 is 1.77 bits per heavy atom. The first-order valence-electron chi connectivity index (χ1n) is 10.7. The molecule has 0 spiro atoms. The standard InChI is InChI=1S/C24H29N3O3/c1-30-23(28)11-8-18-6-9-20(10-7-18)27-22-5-3-2-4-21(22)26(24(27)29)17-14-19-12-15-25-16-13-19/h2-7,9-10,19,25H,8,11-17H2,1H3. The second-order valence-electron chi connectivity index (χ2n) is 7.98. The molecule has 6 nitrogen and oxygen atoms in total. The van der Waals surface area contributed by atoms with Crippen LogP contribution in [-0.2, 0) is 22.5 Å². The van der Waals surface area contributed by atoms with Crippen molar-refractivity contribution in [1.82, 2.24) is 14.5 Å². The van der Waals surface area contributed by atoms with Crippen molar-refractivity contribution in [3.8, 4) is 5.69 Å². The highest BCUT2D eigenvalue weighted by Crippen LogP contribution is 2.21. The van der Waals surface area contributed by atoms with E-state index in [1.165, 1.54) is 20.0 Å². The minimum absolute atomic E-state index is 0.00689. The topological polar surface area (TPSA) is 65.3 Å². The van der Waals surface area contributed by atoms with Crippen molar-refractivity contribution in [2.24, 2.45) is 5.92 Å². The number of fused-ring (bicyclic) bond motifs is 1. The molecule has 0 amide bonds. The summed E-state index contributed by atoms with van der Waals surface area (Å²) in [5, 5.41) is 3.40. The number of aromatic nitrogens is 2. The molecule has 30 heavy (non-hydrogen) atoms. The van der Waals surface area contributed by atoms with Crippen LogP contribution in [0.25, 0.3) is 16.7 Å². The average molecular weight is 408 g/mol. The maximum absolute atomic E-state index is 13.4. The zero-order valence-corrected chi connectivity index (χ0v) is 17.5. The number of carbonyl (C=O) groups excluding carboxylic acids is 1. The van der Waals surface area contributed by atoms with Gasteiger partial charge < -0.3 is 10.1 Å². The molecule has 1 aliphatic rings. The van der Waals surface area contributed by atoms with E-state index < -0.39 is 0 Å². The molecule has 1 aliphatic heterocycles. The summed E-state index contributed by atoms with van der Waals surface area (Å²) in [5.41, 5.74) is 3.80. The van der Waals surface area contributed by atoms with Crippen LogP contribution in [0.2, 0.25) is 0 Å². The summed E-state index contributed by atoms with van der Waals surface area (Å²) in [6.45, 7) is 2.89. The van der Waals surface area contributed by atoms with E-state index in [9.17, 15) is 9.59 Å². The van der Waals surface area contributed by atoms with Crippen LogP contribution < -0.4 is 11.0 Å². The number of para-hydroxylation sites is 2. The maximum Gasteiger partial charge on any atom is 0.333 e. The molecule has 1 saturated heterocycles. The number of piperidine rings is 1. The Kier molecular flexibility index (Phi) is 6.33. The Morgan fingerprint density at radius 1 is 1.07 bits per heavy atom. The quantitative estimate of drug-likeness (QED) is 0.611. The van der Waals surface area contributed by atoms with E-state index in [2.05, 4.69) is 5.32 Å². The van der Waals surface area contributed by atoms with E-state index in [4.69, 9.17) is 4.74 Å². The van der Waals surface area contributed by atoms with Gasteiger partial charge in [-0.25, -0.2) is 4.79 Å². The van der Waals surface area contributed by atoms with Crippen LogP contribution >= 0.6 is 0 Å². The highest BCUT2D eigenvalue weighted by Gasteiger charge is 2.17. The first kappa shape index (κ1) is 20.4. The Morgan fingerprint density at radius 3 is 2.47 bits per heavy atom. The molecule has 158 valence electrons. The lowest BCUT2D eigenvalue weighted by Crippen LogP contribution is -2.29.